The van der Waals surface area contributed by atoms with Gasteiger partial charge in [0.1, 0.15) is 0 Å². The van der Waals surface area contributed by atoms with Crippen LogP contribution in [0.4, 0.5) is 5.69 Å². The van der Waals surface area contributed by atoms with Crippen molar-refractivity contribution in [3.63, 3.8) is 0 Å². The predicted octanol–water partition coefficient (Wildman–Crippen LogP) is 3.66. The average Bonchev–Trinajstić information content (AvgIpc) is 2.65. The van der Waals surface area contributed by atoms with Gasteiger partial charge in [-0.3, -0.25) is 4.90 Å². The fourth-order valence-electron chi connectivity index (χ4n) is 3.60. The Balaban J connectivity index is 1.31. The molecule has 2 aliphatic heterocycles. The zero-order valence-electron chi connectivity index (χ0n) is 14.9. The molecule has 1 aromatic carbocycles. The summed E-state index contributed by atoms with van der Waals surface area (Å²) in [5.74, 6) is 0. The molecule has 140 valence electrons. The van der Waals surface area contributed by atoms with E-state index < -0.39 is 0 Å². The Bertz CT molecular complexity index is 529. The third kappa shape index (κ3) is 5.73. The molecule has 0 amide bonds. The van der Waals surface area contributed by atoms with Gasteiger partial charge in [-0.1, -0.05) is 29.3 Å². The molecular weight excluding hydrogens is 357 g/mol. The van der Waals surface area contributed by atoms with Crippen molar-refractivity contribution in [2.45, 2.75) is 31.8 Å². The minimum Gasteiger partial charge on any atom is -0.378 e. The molecule has 0 aromatic heterocycles. The Morgan fingerprint density at radius 3 is 2.56 bits per heavy atom. The molecule has 1 aromatic rings. The topological polar surface area (TPSA) is 27.7 Å². The van der Waals surface area contributed by atoms with Crippen molar-refractivity contribution in [2.24, 2.45) is 0 Å². The second-order valence-corrected chi connectivity index (χ2v) is 7.71. The number of piperazine rings is 1. The second-order valence-electron chi connectivity index (χ2n) is 6.93. The van der Waals surface area contributed by atoms with Crippen LogP contribution in [0.15, 0.2) is 18.2 Å². The molecule has 6 heteroatoms. The van der Waals surface area contributed by atoms with Gasteiger partial charge in [0.05, 0.1) is 21.8 Å². The summed E-state index contributed by atoms with van der Waals surface area (Å²) < 4.78 is 5.98. The summed E-state index contributed by atoms with van der Waals surface area (Å²) in [6.45, 7) is 8.44. The molecule has 3 rings (SSSR count). The van der Waals surface area contributed by atoms with E-state index in [1.165, 1.54) is 6.42 Å². The molecule has 0 unspecified atom stereocenters. The average molecular weight is 386 g/mol. The van der Waals surface area contributed by atoms with Crippen molar-refractivity contribution in [3.8, 4) is 0 Å². The summed E-state index contributed by atoms with van der Waals surface area (Å²) in [5.41, 5.74) is 1.06. The lowest BCUT2D eigenvalue weighted by Gasteiger charge is -2.36. The number of nitrogens with one attached hydrogen (secondary N) is 1. The lowest BCUT2D eigenvalue weighted by atomic mass is 10.1. The van der Waals surface area contributed by atoms with Crippen LogP contribution < -0.4 is 10.2 Å². The smallest absolute Gasteiger partial charge is 0.0825 e. The number of halogens is 2. The minimum atomic E-state index is 0.479. The maximum Gasteiger partial charge on any atom is 0.0825 e. The molecule has 2 saturated heterocycles. The second kappa shape index (κ2) is 9.98. The van der Waals surface area contributed by atoms with E-state index in [2.05, 4.69) is 21.2 Å². The fourth-order valence-corrected chi connectivity index (χ4v) is 4.01. The van der Waals surface area contributed by atoms with E-state index >= 15 is 0 Å². The summed E-state index contributed by atoms with van der Waals surface area (Å²) in [6.07, 6.45) is 5.17. The van der Waals surface area contributed by atoms with Crippen LogP contribution in [-0.2, 0) is 4.74 Å². The van der Waals surface area contributed by atoms with E-state index in [0.717, 1.165) is 77.4 Å². The van der Waals surface area contributed by atoms with Gasteiger partial charge >= 0.3 is 0 Å². The van der Waals surface area contributed by atoms with Crippen LogP contribution >= 0.6 is 23.2 Å². The zero-order valence-corrected chi connectivity index (χ0v) is 16.4. The highest BCUT2D eigenvalue weighted by Crippen LogP contribution is 2.32. The summed E-state index contributed by atoms with van der Waals surface area (Å²) in [7, 11) is 0. The van der Waals surface area contributed by atoms with Gasteiger partial charge in [0.25, 0.3) is 0 Å². The van der Waals surface area contributed by atoms with Crippen LogP contribution in [0.2, 0.25) is 10.0 Å². The van der Waals surface area contributed by atoms with Gasteiger partial charge in [-0.2, -0.15) is 0 Å². The minimum absolute atomic E-state index is 0.479. The van der Waals surface area contributed by atoms with Gasteiger partial charge in [-0.25, -0.2) is 0 Å². The molecule has 2 fully saturated rings. The van der Waals surface area contributed by atoms with Crippen molar-refractivity contribution in [2.75, 3.05) is 57.3 Å². The predicted molar refractivity (Wildman–Crippen MR) is 106 cm³/mol. The molecule has 25 heavy (non-hydrogen) atoms. The Morgan fingerprint density at radius 1 is 1.04 bits per heavy atom. The van der Waals surface area contributed by atoms with E-state index in [9.17, 15) is 0 Å². The molecule has 0 atom stereocenters. The van der Waals surface area contributed by atoms with E-state index in [-0.39, 0.29) is 0 Å². The summed E-state index contributed by atoms with van der Waals surface area (Å²) >= 11 is 12.5. The standard InChI is InChI=1S/C19H29Cl2N3O/c20-17-4-3-5-18(19(17)21)24-13-11-23(12-14-24)10-1-2-15-25-16-6-8-22-9-7-16/h3-5,16,22H,1-2,6-15H2. The van der Waals surface area contributed by atoms with Gasteiger partial charge in [0.2, 0.25) is 0 Å². The Morgan fingerprint density at radius 2 is 1.80 bits per heavy atom. The van der Waals surface area contributed by atoms with Crippen molar-refractivity contribution in [3.05, 3.63) is 28.2 Å². The number of anilines is 1. The summed E-state index contributed by atoms with van der Waals surface area (Å²) in [4.78, 5) is 4.88. The monoisotopic (exact) mass is 385 g/mol. The van der Waals surface area contributed by atoms with Crippen molar-refractivity contribution in [1.82, 2.24) is 10.2 Å². The van der Waals surface area contributed by atoms with Crippen LogP contribution in [0.25, 0.3) is 0 Å². The third-order valence-corrected chi connectivity index (χ3v) is 5.96. The number of hydrogen-bond donors (Lipinski definition) is 1. The number of ether oxygens (including phenoxy) is 1. The molecule has 2 aliphatic rings. The molecule has 0 radical (unpaired) electrons. The molecule has 4 nitrogen and oxygen atoms in total. The molecule has 1 N–H and O–H groups in total. The first-order valence-corrected chi connectivity index (χ1v) is 10.2. The fraction of sp³-hybridized carbons (Fsp3) is 0.684. The van der Waals surface area contributed by atoms with Crippen LogP contribution in [-0.4, -0.2) is 63.4 Å². The number of rotatable bonds is 7. The van der Waals surface area contributed by atoms with Gasteiger partial charge < -0.3 is 15.0 Å². The highest BCUT2D eigenvalue weighted by molar-refractivity contribution is 6.43. The lowest BCUT2D eigenvalue weighted by molar-refractivity contribution is 0.0299. The Kier molecular flexibility index (Phi) is 7.68. The SMILES string of the molecule is Clc1cccc(N2CCN(CCCCOC3CCNCC3)CC2)c1Cl. The molecule has 0 aliphatic carbocycles. The number of piperidine rings is 1. The van der Waals surface area contributed by atoms with E-state index in [1.807, 2.05) is 12.1 Å². The highest BCUT2D eigenvalue weighted by atomic mass is 35.5. The van der Waals surface area contributed by atoms with Crippen LogP contribution in [0, 0.1) is 0 Å². The Hall–Kier alpha value is -0.520. The molecular formula is C19H29Cl2N3O. The van der Waals surface area contributed by atoms with Crippen molar-refractivity contribution >= 4 is 28.9 Å². The van der Waals surface area contributed by atoms with Gasteiger partial charge in [-0.05, 0) is 57.5 Å². The van der Waals surface area contributed by atoms with Gasteiger partial charge in [-0.15, -0.1) is 0 Å². The third-order valence-electron chi connectivity index (χ3n) is 5.15. The number of hydrogen-bond acceptors (Lipinski definition) is 4. The zero-order chi connectivity index (χ0) is 17.5. The number of unbranched alkanes of at least 4 members (excludes halogenated alkanes) is 1. The van der Waals surface area contributed by atoms with Crippen LogP contribution in [0.1, 0.15) is 25.7 Å². The molecule has 0 bridgehead atoms. The lowest BCUT2D eigenvalue weighted by Crippen LogP contribution is -2.46. The van der Waals surface area contributed by atoms with E-state index in [1.54, 1.807) is 0 Å². The van der Waals surface area contributed by atoms with Crippen molar-refractivity contribution < 1.29 is 4.74 Å². The summed E-state index contributed by atoms with van der Waals surface area (Å²) in [5, 5.41) is 4.68. The van der Waals surface area contributed by atoms with Crippen LogP contribution in [0.3, 0.4) is 0 Å². The maximum atomic E-state index is 6.34. The molecule has 2 heterocycles. The number of nitrogens with zero attached hydrogens (tertiary/aromatic N) is 2. The number of benzene rings is 1. The largest absolute Gasteiger partial charge is 0.378 e. The quantitative estimate of drug-likeness (QED) is 0.724. The van der Waals surface area contributed by atoms with E-state index in [0.29, 0.717) is 16.1 Å². The van der Waals surface area contributed by atoms with Crippen molar-refractivity contribution in [1.29, 1.82) is 0 Å². The first-order valence-electron chi connectivity index (χ1n) is 9.47. The first kappa shape index (κ1) is 19.2. The van der Waals surface area contributed by atoms with E-state index in [4.69, 9.17) is 27.9 Å². The normalized spacial score (nSPS) is 20.2. The van der Waals surface area contributed by atoms with Crippen LogP contribution in [0.5, 0.6) is 0 Å². The molecule has 0 saturated carbocycles. The maximum absolute atomic E-state index is 6.34. The first-order chi connectivity index (χ1) is 12.2. The van der Waals surface area contributed by atoms with Gasteiger partial charge in [0, 0.05) is 32.8 Å². The highest BCUT2D eigenvalue weighted by Gasteiger charge is 2.19. The molecule has 0 spiro atoms. The summed E-state index contributed by atoms with van der Waals surface area (Å²) in [6, 6.07) is 5.87. The van der Waals surface area contributed by atoms with Gasteiger partial charge in [0.15, 0.2) is 0 Å². The Labute approximate surface area is 161 Å².